The van der Waals surface area contributed by atoms with E-state index in [1.54, 1.807) is 0 Å². The first kappa shape index (κ1) is 13.5. The van der Waals surface area contributed by atoms with E-state index in [1.165, 1.54) is 0 Å². The third-order valence-electron chi connectivity index (χ3n) is 2.83. The van der Waals surface area contributed by atoms with Crippen LogP contribution in [-0.4, -0.2) is 11.1 Å². The van der Waals surface area contributed by atoms with Crippen LogP contribution in [0.25, 0.3) is 0 Å². The van der Waals surface area contributed by atoms with E-state index in [1.807, 2.05) is 13.8 Å². The van der Waals surface area contributed by atoms with Gasteiger partial charge in [0, 0.05) is 0 Å². The lowest BCUT2D eigenvalue weighted by atomic mass is 9.78. The van der Waals surface area contributed by atoms with Gasteiger partial charge in [-0.25, -0.2) is 0 Å². The quantitative estimate of drug-likeness (QED) is 0.682. The molecule has 1 N–H and O–H groups in total. The molecule has 2 nitrogen and oxygen atoms in total. The van der Waals surface area contributed by atoms with Crippen molar-refractivity contribution in [2.45, 2.75) is 53.4 Å². The number of carboxylic acid groups (broad SMARTS) is 1. The summed E-state index contributed by atoms with van der Waals surface area (Å²) in [6.07, 6.45) is 4.26. The molecule has 0 aromatic carbocycles. The molecule has 0 aliphatic rings. The van der Waals surface area contributed by atoms with Crippen LogP contribution in [0.15, 0.2) is 0 Å². The Kier molecular flexibility index (Phi) is 6.60. The van der Waals surface area contributed by atoms with E-state index in [0.717, 1.165) is 25.7 Å². The van der Waals surface area contributed by atoms with Crippen LogP contribution in [0.4, 0.5) is 0 Å². The summed E-state index contributed by atoms with van der Waals surface area (Å²) in [5.74, 6) is -0.167. The highest BCUT2D eigenvalue weighted by Gasteiger charge is 2.29. The average Bonchev–Trinajstić information content (AvgIpc) is 2.03. The fraction of sp³-hybridized carbons (Fsp3) is 0.917. The largest absolute Gasteiger partial charge is 0.481 e. The molecule has 1 unspecified atom stereocenters. The van der Waals surface area contributed by atoms with Crippen molar-refractivity contribution >= 4 is 5.97 Å². The molecular weight excluding hydrogens is 176 g/mol. The monoisotopic (exact) mass is 200 g/mol. The van der Waals surface area contributed by atoms with Gasteiger partial charge in [0.25, 0.3) is 0 Å². The Bertz CT molecular complexity index is 158. The maximum Gasteiger partial charge on any atom is 0.307 e. The zero-order valence-corrected chi connectivity index (χ0v) is 9.92. The Morgan fingerprint density at radius 2 is 1.57 bits per heavy atom. The Morgan fingerprint density at radius 1 is 1.14 bits per heavy atom. The summed E-state index contributed by atoms with van der Waals surface area (Å²) in [6, 6.07) is 0. The van der Waals surface area contributed by atoms with Crippen LogP contribution in [0.5, 0.6) is 0 Å². The molecule has 0 radical (unpaired) electrons. The highest BCUT2D eigenvalue weighted by Crippen LogP contribution is 2.29. The molecule has 0 aliphatic carbocycles. The van der Waals surface area contributed by atoms with Gasteiger partial charge < -0.3 is 5.11 Å². The molecule has 2 heteroatoms. The zero-order chi connectivity index (χ0) is 11.1. The highest BCUT2D eigenvalue weighted by molar-refractivity contribution is 5.70. The molecule has 0 saturated heterocycles. The van der Waals surface area contributed by atoms with E-state index in [4.69, 9.17) is 5.11 Å². The number of rotatable bonds is 7. The third kappa shape index (κ3) is 4.12. The van der Waals surface area contributed by atoms with Crippen LogP contribution in [-0.2, 0) is 4.79 Å². The topological polar surface area (TPSA) is 37.3 Å². The second-order valence-electron chi connectivity index (χ2n) is 4.45. The second-order valence-corrected chi connectivity index (χ2v) is 4.45. The first-order valence-electron chi connectivity index (χ1n) is 5.77. The van der Waals surface area contributed by atoms with E-state index in [0.29, 0.717) is 5.92 Å². The lowest BCUT2D eigenvalue weighted by molar-refractivity contribution is -0.145. The molecule has 0 rings (SSSR count). The van der Waals surface area contributed by atoms with Gasteiger partial charge in [-0.2, -0.15) is 0 Å². The van der Waals surface area contributed by atoms with Gasteiger partial charge >= 0.3 is 5.97 Å². The van der Waals surface area contributed by atoms with Crippen LogP contribution >= 0.6 is 0 Å². The van der Waals surface area contributed by atoms with Crippen LogP contribution in [0.3, 0.4) is 0 Å². The van der Waals surface area contributed by atoms with Gasteiger partial charge in [-0.05, 0) is 24.7 Å². The molecule has 0 bridgehead atoms. The number of carbonyl (C=O) groups is 1. The fourth-order valence-electron chi connectivity index (χ4n) is 2.28. The van der Waals surface area contributed by atoms with Gasteiger partial charge in [0.15, 0.2) is 0 Å². The first-order chi connectivity index (χ1) is 6.54. The number of aliphatic carboxylic acids is 1. The summed E-state index contributed by atoms with van der Waals surface area (Å²) in [7, 11) is 0. The van der Waals surface area contributed by atoms with Crippen molar-refractivity contribution in [3.63, 3.8) is 0 Å². The predicted molar refractivity (Wildman–Crippen MR) is 59.3 cm³/mol. The van der Waals surface area contributed by atoms with Crippen molar-refractivity contribution in [1.29, 1.82) is 0 Å². The van der Waals surface area contributed by atoms with Crippen molar-refractivity contribution < 1.29 is 9.90 Å². The number of hydrogen-bond acceptors (Lipinski definition) is 1. The summed E-state index contributed by atoms with van der Waals surface area (Å²) in [6.45, 7) is 8.28. The standard InChI is InChI=1S/C12H24O2/c1-5-7-10(8-6-2)11(9(3)4)12(13)14/h9-11H,5-8H2,1-4H3,(H,13,14). The molecule has 0 aliphatic heterocycles. The molecule has 84 valence electrons. The van der Waals surface area contributed by atoms with Gasteiger partial charge in [-0.1, -0.05) is 40.5 Å². The zero-order valence-electron chi connectivity index (χ0n) is 9.92. The van der Waals surface area contributed by atoms with E-state index >= 15 is 0 Å². The first-order valence-corrected chi connectivity index (χ1v) is 5.77. The summed E-state index contributed by atoms with van der Waals surface area (Å²) in [5.41, 5.74) is 0. The SMILES string of the molecule is CCCC(CCC)C(C(=O)O)C(C)C. The lowest BCUT2D eigenvalue weighted by Gasteiger charge is -2.26. The lowest BCUT2D eigenvalue weighted by Crippen LogP contribution is -2.28. The summed E-state index contributed by atoms with van der Waals surface area (Å²) in [4.78, 5) is 11.1. The third-order valence-corrected chi connectivity index (χ3v) is 2.83. The molecule has 1 atom stereocenters. The molecular formula is C12H24O2. The van der Waals surface area contributed by atoms with E-state index in [9.17, 15) is 4.79 Å². The van der Waals surface area contributed by atoms with Crippen molar-refractivity contribution in [2.24, 2.45) is 17.8 Å². The normalized spacial score (nSPS) is 13.6. The molecule has 0 heterocycles. The molecule has 0 aromatic heterocycles. The molecule has 0 aromatic rings. The molecule has 0 amide bonds. The van der Waals surface area contributed by atoms with Gasteiger partial charge in [0.05, 0.1) is 5.92 Å². The van der Waals surface area contributed by atoms with E-state index in [2.05, 4.69) is 13.8 Å². The maximum absolute atomic E-state index is 11.1. The van der Waals surface area contributed by atoms with Crippen LogP contribution in [0, 0.1) is 17.8 Å². The minimum absolute atomic E-state index is 0.158. The fourth-order valence-corrected chi connectivity index (χ4v) is 2.28. The van der Waals surface area contributed by atoms with Crippen molar-refractivity contribution in [1.82, 2.24) is 0 Å². The van der Waals surface area contributed by atoms with Crippen molar-refractivity contribution in [2.75, 3.05) is 0 Å². The number of hydrogen-bond donors (Lipinski definition) is 1. The van der Waals surface area contributed by atoms with E-state index < -0.39 is 5.97 Å². The van der Waals surface area contributed by atoms with Gasteiger partial charge in [0.1, 0.15) is 0 Å². The maximum atomic E-state index is 11.1. The molecule has 0 fully saturated rings. The Balaban J connectivity index is 4.46. The van der Waals surface area contributed by atoms with Crippen LogP contribution in [0.2, 0.25) is 0 Å². The Morgan fingerprint density at radius 3 is 1.79 bits per heavy atom. The summed E-state index contributed by atoms with van der Waals surface area (Å²) < 4.78 is 0. The van der Waals surface area contributed by atoms with Gasteiger partial charge in [0.2, 0.25) is 0 Å². The molecule has 0 saturated carbocycles. The van der Waals surface area contributed by atoms with Crippen molar-refractivity contribution in [3.05, 3.63) is 0 Å². The highest BCUT2D eigenvalue weighted by atomic mass is 16.4. The Labute approximate surface area is 87.7 Å². The molecule has 14 heavy (non-hydrogen) atoms. The summed E-state index contributed by atoms with van der Waals surface area (Å²) >= 11 is 0. The van der Waals surface area contributed by atoms with Crippen LogP contribution < -0.4 is 0 Å². The summed E-state index contributed by atoms with van der Waals surface area (Å²) in [5, 5.41) is 9.17. The average molecular weight is 200 g/mol. The molecule has 0 spiro atoms. The minimum atomic E-state index is -0.619. The van der Waals surface area contributed by atoms with Gasteiger partial charge in [-0.3, -0.25) is 4.79 Å². The van der Waals surface area contributed by atoms with E-state index in [-0.39, 0.29) is 11.8 Å². The predicted octanol–water partition coefficient (Wildman–Crippen LogP) is 3.56. The Hall–Kier alpha value is -0.530. The van der Waals surface area contributed by atoms with Crippen LogP contribution in [0.1, 0.15) is 53.4 Å². The van der Waals surface area contributed by atoms with Crippen molar-refractivity contribution in [3.8, 4) is 0 Å². The smallest absolute Gasteiger partial charge is 0.307 e. The number of carboxylic acids is 1. The second kappa shape index (κ2) is 6.86. The minimum Gasteiger partial charge on any atom is -0.481 e. The van der Waals surface area contributed by atoms with Gasteiger partial charge in [-0.15, -0.1) is 0 Å².